The van der Waals surface area contributed by atoms with Crippen LogP contribution >= 0.6 is 0 Å². The van der Waals surface area contributed by atoms with Crippen LogP contribution in [-0.2, 0) is 6.54 Å². The van der Waals surface area contributed by atoms with E-state index in [1.165, 1.54) is 12.8 Å². The van der Waals surface area contributed by atoms with Gasteiger partial charge < -0.3 is 10.2 Å². The second kappa shape index (κ2) is 5.72. The predicted octanol–water partition coefficient (Wildman–Crippen LogP) is 3.95. The van der Waals surface area contributed by atoms with Crippen molar-refractivity contribution < 1.29 is 4.39 Å². The monoisotopic (exact) mass is 278 g/mol. The molecule has 0 amide bonds. The summed E-state index contributed by atoms with van der Waals surface area (Å²) in [4.78, 5) is 2.08. The van der Waals surface area contributed by atoms with Gasteiger partial charge in [0.1, 0.15) is 5.82 Å². The van der Waals surface area contributed by atoms with Crippen LogP contribution in [0.2, 0.25) is 0 Å². The minimum absolute atomic E-state index is 0.109. The van der Waals surface area contributed by atoms with Crippen LogP contribution in [-0.4, -0.2) is 19.1 Å². The number of para-hydroxylation sites is 1. The molecule has 1 N–H and O–H groups in total. The number of hydrogen-bond acceptors (Lipinski definition) is 2. The number of nitrogens with zero attached hydrogens (tertiary/aromatic N) is 1. The fourth-order valence-electron chi connectivity index (χ4n) is 2.41. The van der Waals surface area contributed by atoms with Gasteiger partial charge in [-0.15, -0.1) is 0 Å². The summed E-state index contributed by atoms with van der Waals surface area (Å²) < 4.78 is 14.3. The number of hydrogen-bond donors (Lipinski definition) is 1. The van der Waals surface area contributed by atoms with Crippen molar-refractivity contribution in [1.82, 2.24) is 5.32 Å². The molecule has 0 aliphatic heterocycles. The van der Waals surface area contributed by atoms with Gasteiger partial charge in [-0.2, -0.15) is 0 Å². The lowest BCUT2D eigenvalue weighted by atomic mass is 9.86. The van der Waals surface area contributed by atoms with Gasteiger partial charge >= 0.3 is 0 Å². The SMILES string of the molecule is CC(N(C)c1c(F)cccc1CNC1CC1)C(C)(C)C. The topological polar surface area (TPSA) is 15.3 Å². The van der Waals surface area contributed by atoms with Crippen LogP contribution in [0.1, 0.15) is 46.1 Å². The molecule has 1 unspecified atom stereocenters. The van der Waals surface area contributed by atoms with Crippen LogP contribution in [0.25, 0.3) is 0 Å². The molecule has 0 bridgehead atoms. The van der Waals surface area contributed by atoms with Crippen LogP contribution in [0.3, 0.4) is 0 Å². The van der Waals surface area contributed by atoms with Crippen LogP contribution in [0, 0.1) is 11.2 Å². The number of benzene rings is 1. The molecule has 1 atom stereocenters. The summed E-state index contributed by atoms with van der Waals surface area (Å²) in [5, 5.41) is 3.48. The first-order chi connectivity index (χ1) is 9.30. The van der Waals surface area contributed by atoms with Gasteiger partial charge in [-0.05, 0) is 36.8 Å². The zero-order chi connectivity index (χ0) is 14.9. The van der Waals surface area contributed by atoms with Crippen molar-refractivity contribution in [2.24, 2.45) is 5.41 Å². The Balaban J connectivity index is 2.23. The minimum Gasteiger partial charge on any atom is -0.369 e. The Bertz CT molecular complexity index is 461. The van der Waals surface area contributed by atoms with E-state index in [9.17, 15) is 4.39 Å². The van der Waals surface area contributed by atoms with Crippen molar-refractivity contribution in [2.75, 3.05) is 11.9 Å². The summed E-state index contributed by atoms with van der Waals surface area (Å²) in [5.41, 5.74) is 1.90. The maximum Gasteiger partial charge on any atom is 0.146 e. The first kappa shape index (κ1) is 15.3. The van der Waals surface area contributed by atoms with Gasteiger partial charge in [0.2, 0.25) is 0 Å². The highest BCUT2D eigenvalue weighted by molar-refractivity contribution is 5.55. The van der Waals surface area contributed by atoms with Gasteiger partial charge in [-0.3, -0.25) is 0 Å². The fraction of sp³-hybridized carbons (Fsp3) is 0.647. The lowest BCUT2D eigenvalue weighted by Gasteiger charge is -2.38. The van der Waals surface area contributed by atoms with Crippen molar-refractivity contribution in [2.45, 2.75) is 59.2 Å². The molecule has 3 heteroatoms. The maximum absolute atomic E-state index is 14.3. The number of nitrogens with one attached hydrogen (secondary N) is 1. The molecule has 0 spiro atoms. The van der Waals surface area contributed by atoms with Gasteiger partial charge in [0.25, 0.3) is 0 Å². The summed E-state index contributed by atoms with van der Waals surface area (Å²) >= 11 is 0. The summed E-state index contributed by atoms with van der Waals surface area (Å²) in [5.74, 6) is -0.126. The number of halogens is 1. The summed E-state index contributed by atoms with van der Waals surface area (Å²) in [7, 11) is 1.99. The van der Waals surface area contributed by atoms with Crippen molar-refractivity contribution in [3.8, 4) is 0 Å². The smallest absolute Gasteiger partial charge is 0.146 e. The van der Waals surface area contributed by atoms with E-state index in [2.05, 4.69) is 37.9 Å². The van der Waals surface area contributed by atoms with E-state index >= 15 is 0 Å². The molecule has 2 nitrogen and oxygen atoms in total. The molecular formula is C17H27FN2. The molecule has 1 aromatic rings. The lowest BCUT2D eigenvalue weighted by Crippen LogP contribution is -2.40. The number of anilines is 1. The van der Waals surface area contributed by atoms with Crippen molar-refractivity contribution in [3.63, 3.8) is 0 Å². The Morgan fingerprint density at radius 2 is 2.00 bits per heavy atom. The largest absolute Gasteiger partial charge is 0.369 e. The molecule has 1 fully saturated rings. The van der Waals surface area contributed by atoms with E-state index in [4.69, 9.17) is 0 Å². The van der Waals surface area contributed by atoms with E-state index in [0.29, 0.717) is 6.04 Å². The molecule has 0 heterocycles. The highest BCUT2D eigenvalue weighted by Crippen LogP contribution is 2.32. The first-order valence-corrected chi connectivity index (χ1v) is 7.54. The Hall–Kier alpha value is -1.09. The molecular weight excluding hydrogens is 251 g/mol. The van der Waals surface area contributed by atoms with E-state index in [1.54, 1.807) is 12.1 Å². The van der Waals surface area contributed by atoms with Gasteiger partial charge in [0, 0.05) is 25.7 Å². The van der Waals surface area contributed by atoms with Gasteiger partial charge in [0.15, 0.2) is 0 Å². The molecule has 20 heavy (non-hydrogen) atoms. The molecule has 2 rings (SSSR count). The van der Waals surface area contributed by atoms with Crippen molar-refractivity contribution in [1.29, 1.82) is 0 Å². The van der Waals surface area contributed by atoms with E-state index in [1.807, 2.05) is 13.1 Å². The number of rotatable bonds is 5. The summed E-state index contributed by atoms with van der Waals surface area (Å²) in [6.45, 7) is 9.48. The zero-order valence-electron chi connectivity index (χ0n) is 13.3. The first-order valence-electron chi connectivity index (χ1n) is 7.54. The molecule has 0 aromatic heterocycles. The van der Waals surface area contributed by atoms with Gasteiger partial charge in [-0.1, -0.05) is 32.9 Å². The predicted molar refractivity (Wildman–Crippen MR) is 83.6 cm³/mol. The molecule has 1 aliphatic carbocycles. The molecule has 1 aliphatic rings. The van der Waals surface area contributed by atoms with Crippen LogP contribution in [0.15, 0.2) is 18.2 Å². The molecule has 0 radical (unpaired) electrons. The summed E-state index contributed by atoms with van der Waals surface area (Å²) in [6.07, 6.45) is 2.50. The van der Waals surface area contributed by atoms with Crippen molar-refractivity contribution in [3.05, 3.63) is 29.6 Å². The molecule has 0 saturated heterocycles. The third-order valence-corrected chi connectivity index (χ3v) is 4.42. The molecule has 1 aromatic carbocycles. The highest BCUT2D eigenvalue weighted by Gasteiger charge is 2.27. The van der Waals surface area contributed by atoms with E-state index in [0.717, 1.165) is 17.8 Å². The Morgan fingerprint density at radius 1 is 1.35 bits per heavy atom. The average Bonchev–Trinajstić information content (AvgIpc) is 3.17. The fourth-order valence-corrected chi connectivity index (χ4v) is 2.41. The Kier molecular flexibility index (Phi) is 4.38. The zero-order valence-corrected chi connectivity index (χ0v) is 13.3. The quantitative estimate of drug-likeness (QED) is 0.877. The standard InChI is InChI=1S/C17H27FN2/c1-12(17(2,3)4)20(5)16-13(7-6-8-15(16)18)11-19-14-9-10-14/h6-8,12,14,19H,9-11H2,1-5H3. The van der Waals surface area contributed by atoms with E-state index < -0.39 is 0 Å². The lowest BCUT2D eigenvalue weighted by molar-refractivity contribution is 0.327. The maximum atomic E-state index is 14.3. The third kappa shape index (κ3) is 3.51. The molecule has 112 valence electrons. The second-order valence-electron chi connectivity index (χ2n) is 7.06. The van der Waals surface area contributed by atoms with Crippen LogP contribution in [0.5, 0.6) is 0 Å². The normalized spacial score (nSPS) is 17.1. The van der Waals surface area contributed by atoms with Crippen molar-refractivity contribution >= 4 is 5.69 Å². The Morgan fingerprint density at radius 3 is 2.55 bits per heavy atom. The minimum atomic E-state index is -0.126. The summed E-state index contributed by atoms with van der Waals surface area (Å²) in [6, 6.07) is 6.29. The van der Waals surface area contributed by atoms with Crippen LogP contribution in [0.4, 0.5) is 10.1 Å². The second-order valence-corrected chi connectivity index (χ2v) is 7.06. The Labute approximate surface area is 122 Å². The third-order valence-electron chi connectivity index (χ3n) is 4.42. The highest BCUT2D eigenvalue weighted by atomic mass is 19.1. The molecule has 1 saturated carbocycles. The van der Waals surface area contributed by atoms with Crippen LogP contribution < -0.4 is 10.2 Å². The van der Waals surface area contributed by atoms with Gasteiger partial charge in [0.05, 0.1) is 5.69 Å². The van der Waals surface area contributed by atoms with E-state index in [-0.39, 0.29) is 17.3 Å². The average molecular weight is 278 g/mol. The van der Waals surface area contributed by atoms with Gasteiger partial charge in [-0.25, -0.2) is 4.39 Å².